The molecule has 1 amide bonds. The number of benzene rings is 1. The molecule has 1 aliphatic heterocycles. The lowest BCUT2D eigenvalue weighted by atomic mass is 9.99. The maximum atomic E-state index is 12.7. The minimum absolute atomic E-state index is 0.143. The molecule has 1 saturated heterocycles. The molecule has 0 unspecified atom stereocenters. The van der Waals surface area contributed by atoms with Crippen LogP contribution in [-0.4, -0.2) is 30.0 Å². The van der Waals surface area contributed by atoms with Gasteiger partial charge in [0.1, 0.15) is 5.75 Å². The summed E-state index contributed by atoms with van der Waals surface area (Å²) in [4.78, 5) is 14.7. The van der Waals surface area contributed by atoms with Crippen molar-refractivity contribution in [3.63, 3.8) is 0 Å². The number of carbonyl (C=O) groups is 1. The molecule has 1 aliphatic rings. The molecule has 0 radical (unpaired) electrons. The molecule has 1 aromatic rings. The fourth-order valence-corrected chi connectivity index (χ4v) is 2.89. The van der Waals surface area contributed by atoms with Gasteiger partial charge in [-0.25, -0.2) is 0 Å². The Morgan fingerprint density at radius 2 is 2.19 bits per heavy atom. The quantitative estimate of drug-likeness (QED) is 0.845. The van der Waals surface area contributed by atoms with Crippen LogP contribution in [0.2, 0.25) is 0 Å². The van der Waals surface area contributed by atoms with E-state index < -0.39 is 0 Å². The first-order valence-corrected chi connectivity index (χ1v) is 8.04. The van der Waals surface area contributed by atoms with Gasteiger partial charge in [-0.2, -0.15) is 0 Å². The zero-order valence-corrected chi connectivity index (χ0v) is 13.7. The SMILES string of the molecule is CC[C@@H](Oc1cc(C)ccc1C)C(=O)N1CCC[C@H](C)C1. The van der Waals surface area contributed by atoms with E-state index in [-0.39, 0.29) is 12.0 Å². The van der Waals surface area contributed by atoms with E-state index >= 15 is 0 Å². The number of ether oxygens (including phenoxy) is 1. The Hall–Kier alpha value is -1.51. The van der Waals surface area contributed by atoms with Gasteiger partial charge in [0.05, 0.1) is 0 Å². The molecule has 0 N–H and O–H groups in total. The first-order valence-electron chi connectivity index (χ1n) is 8.04. The number of piperidine rings is 1. The van der Waals surface area contributed by atoms with E-state index in [1.54, 1.807) is 0 Å². The van der Waals surface area contributed by atoms with Crippen molar-refractivity contribution in [1.29, 1.82) is 0 Å². The molecular formula is C18H27NO2. The Morgan fingerprint density at radius 1 is 1.43 bits per heavy atom. The molecular weight excluding hydrogens is 262 g/mol. The standard InChI is InChI=1S/C18H27NO2/c1-5-16(18(20)19-10-6-7-14(3)12-19)21-17-11-13(2)8-9-15(17)4/h8-9,11,14,16H,5-7,10,12H2,1-4H3/t14-,16+/m0/s1. The summed E-state index contributed by atoms with van der Waals surface area (Å²) in [6.45, 7) is 10.0. The molecule has 1 fully saturated rings. The maximum Gasteiger partial charge on any atom is 0.263 e. The minimum Gasteiger partial charge on any atom is -0.480 e. The van der Waals surface area contributed by atoms with E-state index in [1.807, 2.05) is 37.8 Å². The lowest BCUT2D eigenvalue weighted by Gasteiger charge is -2.33. The summed E-state index contributed by atoms with van der Waals surface area (Å²) in [7, 11) is 0. The third-order valence-corrected chi connectivity index (χ3v) is 4.23. The van der Waals surface area contributed by atoms with Crippen LogP contribution in [0.3, 0.4) is 0 Å². The molecule has 0 saturated carbocycles. The average molecular weight is 289 g/mol. The molecule has 1 heterocycles. The van der Waals surface area contributed by atoms with Gasteiger partial charge in [-0.05, 0) is 56.2 Å². The summed E-state index contributed by atoms with van der Waals surface area (Å²) in [5, 5.41) is 0. The number of aryl methyl sites for hydroxylation is 2. The summed E-state index contributed by atoms with van der Waals surface area (Å²) < 4.78 is 6.03. The highest BCUT2D eigenvalue weighted by Crippen LogP contribution is 2.23. The molecule has 0 aromatic heterocycles. The van der Waals surface area contributed by atoms with Gasteiger partial charge in [-0.3, -0.25) is 4.79 Å². The molecule has 3 nitrogen and oxygen atoms in total. The van der Waals surface area contributed by atoms with Crippen LogP contribution in [0.5, 0.6) is 5.75 Å². The van der Waals surface area contributed by atoms with Crippen molar-refractivity contribution in [3.05, 3.63) is 29.3 Å². The second-order valence-corrected chi connectivity index (χ2v) is 6.32. The fourth-order valence-electron chi connectivity index (χ4n) is 2.89. The molecule has 2 atom stereocenters. The molecule has 0 spiro atoms. The monoisotopic (exact) mass is 289 g/mol. The lowest BCUT2D eigenvalue weighted by molar-refractivity contribution is -0.140. The highest BCUT2D eigenvalue weighted by atomic mass is 16.5. The van der Waals surface area contributed by atoms with Crippen LogP contribution in [0.1, 0.15) is 44.2 Å². The molecule has 3 heteroatoms. The lowest BCUT2D eigenvalue weighted by Crippen LogP contribution is -2.46. The van der Waals surface area contributed by atoms with E-state index in [2.05, 4.69) is 13.0 Å². The third kappa shape index (κ3) is 3.99. The second-order valence-electron chi connectivity index (χ2n) is 6.32. The van der Waals surface area contributed by atoms with E-state index in [0.717, 1.165) is 36.4 Å². The normalized spacial score (nSPS) is 20.2. The molecule has 116 valence electrons. The zero-order valence-electron chi connectivity index (χ0n) is 13.7. The largest absolute Gasteiger partial charge is 0.480 e. The maximum absolute atomic E-state index is 12.7. The van der Waals surface area contributed by atoms with E-state index in [0.29, 0.717) is 12.3 Å². The molecule has 21 heavy (non-hydrogen) atoms. The van der Waals surface area contributed by atoms with Crippen LogP contribution >= 0.6 is 0 Å². The number of hydrogen-bond donors (Lipinski definition) is 0. The van der Waals surface area contributed by atoms with Crippen molar-refractivity contribution in [3.8, 4) is 5.75 Å². The van der Waals surface area contributed by atoms with Crippen molar-refractivity contribution in [1.82, 2.24) is 4.90 Å². The molecule has 2 rings (SSSR count). The van der Waals surface area contributed by atoms with E-state index in [1.165, 1.54) is 6.42 Å². The van der Waals surface area contributed by atoms with Crippen LogP contribution in [-0.2, 0) is 4.79 Å². The number of amides is 1. The van der Waals surface area contributed by atoms with Crippen LogP contribution in [0.25, 0.3) is 0 Å². The van der Waals surface area contributed by atoms with Gasteiger partial charge in [0.2, 0.25) is 0 Å². The molecule has 1 aromatic carbocycles. The summed E-state index contributed by atoms with van der Waals surface area (Å²) in [5.74, 6) is 1.58. The third-order valence-electron chi connectivity index (χ3n) is 4.23. The summed E-state index contributed by atoms with van der Waals surface area (Å²) >= 11 is 0. The summed E-state index contributed by atoms with van der Waals surface area (Å²) in [6.07, 6.45) is 2.67. The van der Waals surface area contributed by atoms with E-state index in [4.69, 9.17) is 4.74 Å². The van der Waals surface area contributed by atoms with Crippen LogP contribution in [0.15, 0.2) is 18.2 Å². The number of hydrogen-bond acceptors (Lipinski definition) is 2. The first kappa shape index (κ1) is 15.9. The van der Waals surface area contributed by atoms with Gasteiger partial charge >= 0.3 is 0 Å². The van der Waals surface area contributed by atoms with Crippen molar-refractivity contribution >= 4 is 5.91 Å². The van der Waals surface area contributed by atoms with Crippen LogP contribution in [0, 0.1) is 19.8 Å². The van der Waals surface area contributed by atoms with Crippen LogP contribution in [0.4, 0.5) is 0 Å². The summed E-state index contributed by atoms with van der Waals surface area (Å²) in [5.41, 5.74) is 2.24. The minimum atomic E-state index is -0.365. The van der Waals surface area contributed by atoms with Gasteiger partial charge < -0.3 is 9.64 Å². The highest BCUT2D eigenvalue weighted by Gasteiger charge is 2.28. The number of carbonyl (C=O) groups excluding carboxylic acids is 1. The predicted octanol–water partition coefficient (Wildman–Crippen LogP) is 3.72. The average Bonchev–Trinajstić information content (AvgIpc) is 2.47. The van der Waals surface area contributed by atoms with E-state index in [9.17, 15) is 4.79 Å². The van der Waals surface area contributed by atoms with Gasteiger partial charge in [-0.1, -0.05) is 26.0 Å². The molecule has 0 bridgehead atoms. The smallest absolute Gasteiger partial charge is 0.263 e. The van der Waals surface area contributed by atoms with Crippen LogP contribution < -0.4 is 4.74 Å². The van der Waals surface area contributed by atoms with Gasteiger partial charge in [0.25, 0.3) is 5.91 Å². The number of nitrogens with zero attached hydrogens (tertiary/aromatic N) is 1. The van der Waals surface area contributed by atoms with Gasteiger partial charge in [0, 0.05) is 13.1 Å². The van der Waals surface area contributed by atoms with Gasteiger partial charge in [-0.15, -0.1) is 0 Å². The number of likely N-dealkylation sites (tertiary alicyclic amines) is 1. The zero-order chi connectivity index (χ0) is 15.4. The molecule has 0 aliphatic carbocycles. The van der Waals surface area contributed by atoms with Gasteiger partial charge in [0.15, 0.2) is 6.10 Å². The Labute approximate surface area is 128 Å². The van der Waals surface area contributed by atoms with Crippen molar-refractivity contribution in [2.24, 2.45) is 5.92 Å². The van der Waals surface area contributed by atoms with Crippen molar-refractivity contribution in [2.75, 3.05) is 13.1 Å². The second kappa shape index (κ2) is 6.97. The predicted molar refractivity (Wildman–Crippen MR) is 85.6 cm³/mol. The fraction of sp³-hybridized carbons (Fsp3) is 0.611. The Kier molecular flexibility index (Phi) is 5.27. The Balaban J connectivity index is 2.08. The Bertz CT molecular complexity index is 498. The Morgan fingerprint density at radius 3 is 2.86 bits per heavy atom. The van der Waals surface area contributed by atoms with Crippen molar-refractivity contribution in [2.45, 2.75) is 53.1 Å². The summed E-state index contributed by atoms with van der Waals surface area (Å²) in [6, 6.07) is 6.13. The van der Waals surface area contributed by atoms with Crippen molar-refractivity contribution < 1.29 is 9.53 Å². The number of rotatable bonds is 4. The first-order chi connectivity index (χ1) is 10.0. The highest BCUT2D eigenvalue weighted by molar-refractivity contribution is 5.81. The topological polar surface area (TPSA) is 29.5 Å².